The molecule has 0 spiro atoms. The van der Waals surface area contributed by atoms with Gasteiger partial charge in [-0.3, -0.25) is 0 Å². The molecule has 0 N–H and O–H groups in total. The standard InChI is InChI=1S/C13H11Cl2N/c1-9-11(14)7-8-13(16(9)2)10-5-3-4-6-12(10)15/h3-8H,1H2,2H3. The summed E-state index contributed by atoms with van der Waals surface area (Å²) in [5.74, 6) is 0. The molecule has 0 saturated heterocycles. The average Bonchev–Trinajstić information content (AvgIpc) is 2.28. The van der Waals surface area contributed by atoms with Gasteiger partial charge in [-0.2, -0.15) is 0 Å². The SMILES string of the molecule is C=C1C(Cl)=CC=C(c2ccccc2Cl)N1C. The Morgan fingerprint density at radius 2 is 1.81 bits per heavy atom. The maximum Gasteiger partial charge on any atom is 0.0637 e. The van der Waals surface area contributed by atoms with E-state index in [9.17, 15) is 0 Å². The third kappa shape index (κ3) is 1.89. The quantitative estimate of drug-likeness (QED) is 0.721. The van der Waals surface area contributed by atoms with Crippen molar-refractivity contribution in [1.82, 2.24) is 4.90 Å². The van der Waals surface area contributed by atoms with Gasteiger partial charge in [0, 0.05) is 23.3 Å². The normalized spacial score (nSPS) is 15.9. The predicted molar refractivity (Wildman–Crippen MR) is 70.3 cm³/mol. The smallest absolute Gasteiger partial charge is 0.0637 e. The summed E-state index contributed by atoms with van der Waals surface area (Å²) in [7, 11) is 1.92. The van der Waals surface area contributed by atoms with Crippen LogP contribution < -0.4 is 0 Å². The molecule has 16 heavy (non-hydrogen) atoms. The van der Waals surface area contributed by atoms with Crippen molar-refractivity contribution in [3.63, 3.8) is 0 Å². The first kappa shape index (κ1) is 11.3. The molecule has 0 unspecified atom stereocenters. The lowest BCUT2D eigenvalue weighted by Crippen LogP contribution is -2.18. The van der Waals surface area contributed by atoms with Gasteiger partial charge >= 0.3 is 0 Å². The van der Waals surface area contributed by atoms with Gasteiger partial charge in [0.15, 0.2) is 0 Å². The molecule has 0 saturated carbocycles. The Bertz CT molecular complexity index is 500. The molecule has 0 fully saturated rings. The van der Waals surface area contributed by atoms with Gasteiger partial charge in [0.2, 0.25) is 0 Å². The zero-order chi connectivity index (χ0) is 11.7. The van der Waals surface area contributed by atoms with E-state index < -0.39 is 0 Å². The Balaban J connectivity index is 2.50. The maximum absolute atomic E-state index is 6.16. The highest BCUT2D eigenvalue weighted by Crippen LogP contribution is 2.33. The fourth-order valence-electron chi connectivity index (χ4n) is 1.61. The molecule has 1 aliphatic heterocycles. The summed E-state index contributed by atoms with van der Waals surface area (Å²) in [5.41, 5.74) is 2.76. The van der Waals surface area contributed by atoms with Gasteiger partial charge < -0.3 is 4.90 Å². The maximum atomic E-state index is 6.16. The Labute approximate surface area is 105 Å². The number of allylic oxidation sites excluding steroid dienone is 3. The number of hydrogen-bond acceptors (Lipinski definition) is 1. The van der Waals surface area contributed by atoms with Crippen LogP contribution in [0.1, 0.15) is 5.56 Å². The molecule has 0 aromatic heterocycles. The molecule has 1 aromatic carbocycles. The van der Waals surface area contributed by atoms with Crippen LogP contribution in [0.15, 0.2) is 53.7 Å². The minimum Gasteiger partial charge on any atom is -0.343 e. The van der Waals surface area contributed by atoms with Crippen molar-refractivity contribution in [2.45, 2.75) is 0 Å². The summed E-state index contributed by atoms with van der Waals surface area (Å²) in [4.78, 5) is 1.93. The molecule has 1 aliphatic rings. The van der Waals surface area contributed by atoms with Gasteiger partial charge in [-0.15, -0.1) is 0 Å². The molecule has 1 aromatic rings. The first-order valence-corrected chi connectivity index (χ1v) is 5.62. The summed E-state index contributed by atoms with van der Waals surface area (Å²) in [6.45, 7) is 3.92. The van der Waals surface area contributed by atoms with E-state index in [-0.39, 0.29) is 0 Å². The molecule has 82 valence electrons. The highest BCUT2D eigenvalue weighted by Gasteiger charge is 2.17. The minimum atomic E-state index is 0.651. The Kier molecular flexibility index (Phi) is 3.08. The van der Waals surface area contributed by atoms with Gasteiger partial charge in [-0.1, -0.05) is 48.0 Å². The van der Waals surface area contributed by atoms with Crippen LogP contribution in [0, 0.1) is 0 Å². The van der Waals surface area contributed by atoms with Crippen LogP contribution in [0.25, 0.3) is 5.70 Å². The van der Waals surface area contributed by atoms with E-state index in [1.807, 2.05) is 48.4 Å². The molecule has 3 heteroatoms. The predicted octanol–water partition coefficient (Wildman–Crippen LogP) is 4.26. The van der Waals surface area contributed by atoms with Crippen molar-refractivity contribution in [2.75, 3.05) is 7.05 Å². The van der Waals surface area contributed by atoms with Crippen molar-refractivity contribution < 1.29 is 0 Å². The van der Waals surface area contributed by atoms with Crippen LogP contribution in [0.2, 0.25) is 5.02 Å². The summed E-state index contributed by atoms with van der Waals surface area (Å²) in [6.07, 6.45) is 3.78. The number of hydrogen-bond donors (Lipinski definition) is 0. The van der Waals surface area contributed by atoms with Crippen molar-refractivity contribution in [3.05, 3.63) is 64.3 Å². The topological polar surface area (TPSA) is 3.24 Å². The molecular weight excluding hydrogens is 241 g/mol. The van der Waals surface area contributed by atoms with Crippen molar-refractivity contribution in [2.24, 2.45) is 0 Å². The highest BCUT2D eigenvalue weighted by atomic mass is 35.5. The number of halogens is 2. The second kappa shape index (κ2) is 4.36. The number of likely N-dealkylation sites (N-methyl/N-ethyl adjacent to an activating group) is 1. The van der Waals surface area contributed by atoms with E-state index in [0.717, 1.165) is 22.0 Å². The first-order valence-electron chi connectivity index (χ1n) is 4.86. The lowest BCUT2D eigenvalue weighted by molar-refractivity contribution is 0.611. The van der Waals surface area contributed by atoms with Crippen LogP contribution >= 0.6 is 23.2 Å². The Hall–Kier alpha value is -1.18. The lowest BCUT2D eigenvalue weighted by atomic mass is 10.1. The second-order valence-electron chi connectivity index (χ2n) is 3.55. The monoisotopic (exact) mass is 251 g/mol. The van der Waals surface area contributed by atoms with Crippen LogP contribution in [0.5, 0.6) is 0 Å². The van der Waals surface area contributed by atoms with Crippen molar-refractivity contribution in [3.8, 4) is 0 Å². The van der Waals surface area contributed by atoms with E-state index in [2.05, 4.69) is 6.58 Å². The van der Waals surface area contributed by atoms with Crippen molar-refractivity contribution >= 4 is 28.9 Å². The van der Waals surface area contributed by atoms with Crippen molar-refractivity contribution in [1.29, 1.82) is 0 Å². The third-order valence-electron chi connectivity index (χ3n) is 2.58. The van der Waals surface area contributed by atoms with Gasteiger partial charge in [0.25, 0.3) is 0 Å². The second-order valence-corrected chi connectivity index (χ2v) is 4.37. The summed E-state index contributed by atoms with van der Waals surface area (Å²) >= 11 is 12.2. The van der Waals surface area contributed by atoms with Gasteiger partial charge in [0.1, 0.15) is 0 Å². The van der Waals surface area contributed by atoms with Crippen LogP contribution in [-0.4, -0.2) is 11.9 Å². The molecule has 2 rings (SSSR count). The fraction of sp³-hybridized carbons (Fsp3) is 0.0769. The average molecular weight is 252 g/mol. The van der Waals surface area contributed by atoms with Gasteiger partial charge in [-0.05, 0) is 18.2 Å². The van der Waals surface area contributed by atoms with Crippen LogP contribution in [0.3, 0.4) is 0 Å². The number of nitrogens with zero attached hydrogens (tertiary/aromatic N) is 1. The molecule has 0 radical (unpaired) electrons. The third-order valence-corrected chi connectivity index (χ3v) is 3.25. The van der Waals surface area contributed by atoms with Gasteiger partial charge in [-0.25, -0.2) is 0 Å². The highest BCUT2D eigenvalue weighted by molar-refractivity contribution is 6.33. The van der Waals surface area contributed by atoms with E-state index in [1.165, 1.54) is 0 Å². The van der Waals surface area contributed by atoms with E-state index in [0.29, 0.717) is 5.03 Å². The molecule has 1 heterocycles. The fourth-order valence-corrected chi connectivity index (χ4v) is 2.03. The minimum absolute atomic E-state index is 0.651. The van der Waals surface area contributed by atoms with Gasteiger partial charge in [0.05, 0.1) is 10.7 Å². The van der Waals surface area contributed by atoms with E-state index in [4.69, 9.17) is 23.2 Å². The zero-order valence-corrected chi connectivity index (χ0v) is 10.4. The van der Waals surface area contributed by atoms with Crippen LogP contribution in [-0.2, 0) is 0 Å². The molecule has 0 atom stereocenters. The molecular formula is C13H11Cl2N. The molecule has 0 aliphatic carbocycles. The largest absolute Gasteiger partial charge is 0.343 e. The lowest BCUT2D eigenvalue weighted by Gasteiger charge is -2.27. The van der Waals surface area contributed by atoms with Crippen LogP contribution in [0.4, 0.5) is 0 Å². The molecule has 1 nitrogen and oxygen atoms in total. The zero-order valence-electron chi connectivity index (χ0n) is 8.87. The first-order chi connectivity index (χ1) is 7.61. The molecule has 0 bridgehead atoms. The Morgan fingerprint density at radius 1 is 1.12 bits per heavy atom. The number of benzene rings is 1. The Morgan fingerprint density at radius 3 is 2.50 bits per heavy atom. The summed E-state index contributed by atoms with van der Waals surface area (Å²) in [5, 5.41) is 1.37. The summed E-state index contributed by atoms with van der Waals surface area (Å²) < 4.78 is 0. The number of rotatable bonds is 1. The summed E-state index contributed by atoms with van der Waals surface area (Å²) in [6, 6.07) is 7.71. The van der Waals surface area contributed by atoms with E-state index >= 15 is 0 Å². The van der Waals surface area contributed by atoms with E-state index in [1.54, 1.807) is 0 Å². The molecule has 0 amide bonds.